The Labute approximate surface area is 162 Å². The molecule has 138 valence electrons. The fourth-order valence-corrected chi connectivity index (χ4v) is 4.35. The van der Waals surface area contributed by atoms with Gasteiger partial charge in [-0.2, -0.15) is 0 Å². The van der Waals surface area contributed by atoms with Crippen molar-refractivity contribution in [3.05, 3.63) is 71.0 Å². The molecular formula is C20H21N5OS. The number of thioether (sulfide) groups is 1. The van der Waals surface area contributed by atoms with Crippen LogP contribution in [0.2, 0.25) is 0 Å². The molecular weight excluding hydrogens is 358 g/mol. The molecule has 1 amide bonds. The standard InChI is InChI=1S/C20H21N5OS/c1-13-5-6-18-15(7-13)9-19(27-18)20(26)22-11-14-3-2-4-17(8-14)25-12-16(10-21)23-24-25/h2-8,12,19H,9-11,21H2,1H3,(H,22,26). The summed E-state index contributed by atoms with van der Waals surface area (Å²) in [6.45, 7) is 2.92. The molecule has 0 bridgehead atoms. The lowest BCUT2D eigenvalue weighted by Gasteiger charge is -2.11. The Morgan fingerprint density at radius 1 is 1.33 bits per heavy atom. The quantitative estimate of drug-likeness (QED) is 0.711. The van der Waals surface area contributed by atoms with Gasteiger partial charge in [-0.25, -0.2) is 4.68 Å². The molecule has 6 nitrogen and oxygen atoms in total. The first-order valence-corrected chi connectivity index (χ1v) is 9.75. The van der Waals surface area contributed by atoms with Crippen molar-refractivity contribution < 1.29 is 4.79 Å². The summed E-state index contributed by atoms with van der Waals surface area (Å²) in [4.78, 5) is 13.8. The second-order valence-corrected chi connectivity index (χ2v) is 7.91. The topological polar surface area (TPSA) is 85.8 Å². The van der Waals surface area contributed by atoms with Gasteiger partial charge in [-0.15, -0.1) is 16.9 Å². The van der Waals surface area contributed by atoms with Crippen LogP contribution in [-0.4, -0.2) is 26.2 Å². The Morgan fingerprint density at radius 2 is 2.22 bits per heavy atom. The number of nitrogens with zero attached hydrogens (tertiary/aromatic N) is 3. The number of amides is 1. The van der Waals surface area contributed by atoms with Crippen LogP contribution in [-0.2, 0) is 24.3 Å². The van der Waals surface area contributed by atoms with Crippen LogP contribution in [0.4, 0.5) is 0 Å². The molecule has 7 heteroatoms. The van der Waals surface area contributed by atoms with Gasteiger partial charge in [-0.05, 0) is 42.7 Å². The Morgan fingerprint density at radius 3 is 3.04 bits per heavy atom. The van der Waals surface area contributed by atoms with Gasteiger partial charge in [0, 0.05) is 18.0 Å². The maximum atomic E-state index is 12.6. The van der Waals surface area contributed by atoms with Crippen molar-refractivity contribution in [2.24, 2.45) is 5.73 Å². The molecule has 4 rings (SSSR count). The molecule has 0 spiro atoms. The van der Waals surface area contributed by atoms with Crippen LogP contribution in [0.25, 0.3) is 5.69 Å². The van der Waals surface area contributed by atoms with E-state index in [0.29, 0.717) is 13.1 Å². The molecule has 0 radical (unpaired) electrons. The second-order valence-electron chi connectivity index (χ2n) is 6.67. The van der Waals surface area contributed by atoms with Crippen LogP contribution in [0.1, 0.15) is 22.4 Å². The van der Waals surface area contributed by atoms with E-state index in [4.69, 9.17) is 5.73 Å². The van der Waals surface area contributed by atoms with Crippen LogP contribution >= 0.6 is 11.8 Å². The Hall–Kier alpha value is -2.64. The van der Waals surface area contributed by atoms with Crippen LogP contribution < -0.4 is 11.1 Å². The first-order chi connectivity index (χ1) is 13.1. The van der Waals surface area contributed by atoms with E-state index in [0.717, 1.165) is 23.4 Å². The normalized spacial score (nSPS) is 15.6. The molecule has 0 fully saturated rings. The number of aromatic nitrogens is 3. The molecule has 2 heterocycles. The van der Waals surface area contributed by atoms with Crippen LogP contribution in [0.3, 0.4) is 0 Å². The number of hydrogen-bond donors (Lipinski definition) is 2. The average Bonchev–Trinajstić information content (AvgIpc) is 3.33. The number of benzene rings is 2. The highest BCUT2D eigenvalue weighted by Crippen LogP contribution is 2.37. The number of hydrogen-bond acceptors (Lipinski definition) is 5. The number of aryl methyl sites for hydroxylation is 1. The molecule has 0 aliphatic carbocycles. The minimum absolute atomic E-state index is 0.0626. The number of carbonyl (C=O) groups is 1. The fourth-order valence-electron chi connectivity index (χ4n) is 3.15. The Balaban J connectivity index is 1.39. The molecule has 1 aliphatic rings. The van der Waals surface area contributed by atoms with E-state index in [-0.39, 0.29) is 11.2 Å². The second kappa shape index (κ2) is 7.54. The van der Waals surface area contributed by atoms with Gasteiger partial charge in [-0.3, -0.25) is 4.79 Å². The maximum Gasteiger partial charge on any atom is 0.234 e. The molecule has 3 aromatic rings. The SMILES string of the molecule is Cc1ccc2c(c1)CC(C(=O)NCc1cccc(-n3cc(CN)nn3)c1)S2. The smallest absolute Gasteiger partial charge is 0.234 e. The van der Waals surface area contributed by atoms with E-state index in [9.17, 15) is 4.79 Å². The number of nitrogens with one attached hydrogen (secondary N) is 1. The van der Waals surface area contributed by atoms with Crippen LogP contribution in [0, 0.1) is 6.92 Å². The first kappa shape index (κ1) is 17.8. The highest BCUT2D eigenvalue weighted by atomic mass is 32.2. The lowest BCUT2D eigenvalue weighted by atomic mass is 10.1. The van der Waals surface area contributed by atoms with Gasteiger partial charge in [0.1, 0.15) is 0 Å². The molecule has 3 N–H and O–H groups in total. The van der Waals surface area contributed by atoms with Crippen molar-refractivity contribution in [1.29, 1.82) is 0 Å². The Bertz CT molecular complexity index is 984. The minimum atomic E-state index is -0.0626. The van der Waals surface area contributed by atoms with Crippen molar-refractivity contribution in [2.75, 3.05) is 0 Å². The van der Waals surface area contributed by atoms with Crippen LogP contribution in [0.5, 0.6) is 0 Å². The summed E-state index contributed by atoms with van der Waals surface area (Å²) in [6, 6.07) is 14.3. The molecule has 0 saturated carbocycles. The summed E-state index contributed by atoms with van der Waals surface area (Å²) in [6.07, 6.45) is 2.60. The molecule has 2 aromatic carbocycles. The van der Waals surface area contributed by atoms with Gasteiger partial charge in [0.25, 0.3) is 0 Å². The molecule has 1 unspecified atom stereocenters. The molecule has 1 aromatic heterocycles. The zero-order chi connectivity index (χ0) is 18.8. The third kappa shape index (κ3) is 3.89. The zero-order valence-electron chi connectivity index (χ0n) is 15.1. The summed E-state index contributed by atoms with van der Waals surface area (Å²) >= 11 is 1.65. The van der Waals surface area contributed by atoms with Gasteiger partial charge in [-0.1, -0.05) is 35.0 Å². The largest absolute Gasteiger partial charge is 0.351 e. The number of rotatable bonds is 5. The van der Waals surface area contributed by atoms with E-state index in [2.05, 4.69) is 40.8 Å². The van der Waals surface area contributed by atoms with Gasteiger partial charge in [0.2, 0.25) is 5.91 Å². The highest BCUT2D eigenvalue weighted by molar-refractivity contribution is 8.01. The van der Waals surface area contributed by atoms with Gasteiger partial charge >= 0.3 is 0 Å². The highest BCUT2D eigenvalue weighted by Gasteiger charge is 2.28. The van der Waals surface area contributed by atoms with Crippen molar-refractivity contribution in [1.82, 2.24) is 20.3 Å². The molecule has 0 saturated heterocycles. The van der Waals surface area contributed by atoms with Gasteiger partial charge in [0.15, 0.2) is 0 Å². The predicted octanol–water partition coefficient (Wildman–Crippen LogP) is 2.37. The molecule has 1 atom stereocenters. The van der Waals surface area contributed by atoms with Gasteiger partial charge < -0.3 is 11.1 Å². The summed E-state index contributed by atoms with van der Waals surface area (Å²) in [5, 5.41) is 11.1. The average molecular weight is 379 g/mol. The summed E-state index contributed by atoms with van der Waals surface area (Å²) in [7, 11) is 0. The number of fused-ring (bicyclic) bond motifs is 1. The third-order valence-electron chi connectivity index (χ3n) is 4.57. The van der Waals surface area contributed by atoms with E-state index >= 15 is 0 Å². The molecule has 1 aliphatic heterocycles. The third-order valence-corrected chi connectivity index (χ3v) is 5.89. The van der Waals surface area contributed by atoms with Gasteiger partial charge in [0.05, 0.1) is 22.8 Å². The number of nitrogens with two attached hydrogens (primary N) is 1. The minimum Gasteiger partial charge on any atom is -0.351 e. The first-order valence-electron chi connectivity index (χ1n) is 8.87. The lowest BCUT2D eigenvalue weighted by molar-refractivity contribution is -0.120. The van der Waals surface area contributed by atoms with Crippen molar-refractivity contribution in [3.63, 3.8) is 0 Å². The lowest BCUT2D eigenvalue weighted by Crippen LogP contribution is -2.32. The zero-order valence-corrected chi connectivity index (χ0v) is 15.9. The van der Waals surface area contributed by atoms with E-state index in [1.54, 1.807) is 16.4 Å². The van der Waals surface area contributed by atoms with Crippen LogP contribution in [0.15, 0.2) is 53.6 Å². The Kier molecular flexibility index (Phi) is 4.96. The van der Waals surface area contributed by atoms with E-state index in [1.807, 2.05) is 30.5 Å². The summed E-state index contributed by atoms with van der Waals surface area (Å²) in [5.41, 5.74) is 10.7. The van der Waals surface area contributed by atoms with Crippen molar-refractivity contribution in [3.8, 4) is 5.69 Å². The number of carbonyl (C=O) groups excluding carboxylic acids is 1. The van der Waals surface area contributed by atoms with E-state index in [1.165, 1.54) is 16.0 Å². The fraction of sp³-hybridized carbons (Fsp3) is 0.250. The monoisotopic (exact) mass is 379 g/mol. The van der Waals surface area contributed by atoms with E-state index < -0.39 is 0 Å². The van der Waals surface area contributed by atoms with Crippen molar-refractivity contribution in [2.45, 2.75) is 36.6 Å². The molecule has 27 heavy (non-hydrogen) atoms. The maximum absolute atomic E-state index is 12.6. The summed E-state index contributed by atoms with van der Waals surface area (Å²) < 4.78 is 1.69. The predicted molar refractivity (Wildman–Crippen MR) is 106 cm³/mol. The summed E-state index contributed by atoms with van der Waals surface area (Å²) in [5.74, 6) is 0.0745. The van der Waals surface area contributed by atoms with Crippen molar-refractivity contribution >= 4 is 17.7 Å².